The summed E-state index contributed by atoms with van der Waals surface area (Å²) in [5, 5.41) is 11.2. The van der Waals surface area contributed by atoms with Crippen LogP contribution >= 0.6 is 11.8 Å². The molecule has 0 bridgehead atoms. The zero-order valence-corrected chi connectivity index (χ0v) is 18.8. The second-order valence-corrected chi connectivity index (χ2v) is 8.43. The van der Waals surface area contributed by atoms with Gasteiger partial charge in [0.25, 0.3) is 0 Å². The van der Waals surface area contributed by atoms with Gasteiger partial charge in [-0.25, -0.2) is 13.8 Å². The fourth-order valence-corrected chi connectivity index (χ4v) is 3.69. The van der Waals surface area contributed by atoms with Crippen molar-refractivity contribution in [2.45, 2.75) is 19.0 Å². The first kappa shape index (κ1) is 22.5. The number of anilines is 1. The molecule has 33 heavy (non-hydrogen) atoms. The van der Waals surface area contributed by atoms with E-state index in [1.807, 2.05) is 62.4 Å². The molecular weight excluding hydrogens is 442 g/mol. The Morgan fingerprint density at radius 3 is 2.09 bits per heavy atom. The highest BCUT2D eigenvalue weighted by Crippen LogP contribution is 2.30. The van der Waals surface area contributed by atoms with Crippen LogP contribution in [0.25, 0.3) is 22.5 Å². The number of benzene rings is 3. The molecule has 0 aliphatic rings. The number of nitrogens with one attached hydrogen (secondary N) is 1. The number of rotatable bonds is 6. The van der Waals surface area contributed by atoms with Crippen molar-refractivity contribution in [3.63, 3.8) is 0 Å². The standard InChI is InChI=1S/C25H20F2N4OS/c1-15-3-7-17(8-4-15)23-24(18-9-5-16(2)6-10-18)30-31-25(29-23)33-14-22(32)28-21-13-19(26)11-12-20(21)27/h3-13H,14H2,1-2H3,(H,28,32). The second kappa shape index (κ2) is 9.87. The lowest BCUT2D eigenvalue weighted by Crippen LogP contribution is -2.15. The Balaban J connectivity index is 1.58. The third-order valence-corrected chi connectivity index (χ3v) is 5.69. The summed E-state index contributed by atoms with van der Waals surface area (Å²) in [7, 11) is 0. The van der Waals surface area contributed by atoms with Crippen LogP contribution in [0.2, 0.25) is 0 Å². The zero-order valence-electron chi connectivity index (χ0n) is 18.0. The molecule has 0 unspecified atom stereocenters. The van der Waals surface area contributed by atoms with Gasteiger partial charge >= 0.3 is 0 Å². The summed E-state index contributed by atoms with van der Waals surface area (Å²) in [4.78, 5) is 16.9. The van der Waals surface area contributed by atoms with Gasteiger partial charge in [-0.3, -0.25) is 4.79 Å². The van der Waals surface area contributed by atoms with Gasteiger partial charge in [0, 0.05) is 17.2 Å². The maximum Gasteiger partial charge on any atom is 0.234 e. The van der Waals surface area contributed by atoms with Crippen LogP contribution in [0, 0.1) is 25.5 Å². The smallest absolute Gasteiger partial charge is 0.234 e. The van der Waals surface area contributed by atoms with Crippen LogP contribution in [-0.2, 0) is 4.79 Å². The number of carbonyl (C=O) groups excluding carboxylic acids is 1. The van der Waals surface area contributed by atoms with E-state index in [0.29, 0.717) is 16.5 Å². The third-order valence-electron chi connectivity index (χ3n) is 4.85. The van der Waals surface area contributed by atoms with Crippen LogP contribution in [-0.4, -0.2) is 26.8 Å². The largest absolute Gasteiger partial charge is 0.323 e. The van der Waals surface area contributed by atoms with Crippen molar-refractivity contribution in [3.05, 3.63) is 89.5 Å². The Morgan fingerprint density at radius 1 is 0.848 bits per heavy atom. The topological polar surface area (TPSA) is 67.8 Å². The Bertz CT molecular complexity index is 1300. The van der Waals surface area contributed by atoms with Crippen molar-refractivity contribution >= 4 is 23.4 Å². The van der Waals surface area contributed by atoms with Crippen LogP contribution < -0.4 is 5.32 Å². The number of aromatic nitrogens is 3. The molecule has 8 heteroatoms. The van der Waals surface area contributed by atoms with E-state index >= 15 is 0 Å². The van der Waals surface area contributed by atoms with Crippen molar-refractivity contribution in [2.75, 3.05) is 11.1 Å². The highest BCUT2D eigenvalue weighted by molar-refractivity contribution is 7.99. The van der Waals surface area contributed by atoms with Gasteiger partial charge in [-0.05, 0) is 26.0 Å². The number of carbonyl (C=O) groups is 1. The average Bonchev–Trinajstić information content (AvgIpc) is 2.81. The quantitative estimate of drug-likeness (QED) is 0.365. The van der Waals surface area contributed by atoms with E-state index in [9.17, 15) is 13.6 Å². The maximum absolute atomic E-state index is 13.8. The van der Waals surface area contributed by atoms with Crippen LogP contribution in [0.15, 0.2) is 71.9 Å². The molecule has 0 spiro atoms. The molecule has 4 rings (SSSR count). The van der Waals surface area contributed by atoms with Gasteiger partial charge < -0.3 is 5.32 Å². The van der Waals surface area contributed by atoms with Crippen molar-refractivity contribution in [3.8, 4) is 22.5 Å². The summed E-state index contributed by atoms with van der Waals surface area (Å²) in [6, 6.07) is 18.7. The number of amides is 1. The molecule has 4 aromatic rings. The first-order valence-corrected chi connectivity index (χ1v) is 11.1. The number of hydrogen-bond donors (Lipinski definition) is 1. The minimum Gasteiger partial charge on any atom is -0.323 e. The van der Waals surface area contributed by atoms with Gasteiger partial charge in [0.05, 0.1) is 11.4 Å². The summed E-state index contributed by atoms with van der Waals surface area (Å²) >= 11 is 1.06. The summed E-state index contributed by atoms with van der Waals surface area (Å²) in [5.41, 5.74) is 5.07. The van der Waals surface area contributed by atoms with Crippen molar-refractivity contribution in [1.29, 1.82) is 0 Å². The first-order valence-electron chi connectivity index (χ1n) is 10.2. The minimum absolute atomic E-state index is 0.0884. The highest BCUT2D eigenvalue weighted by atomic mass is 32.2. The molecule has 166 valence electrons. The van der Waals surface area contributed by atoms with E-state index in [1.54, 1.807) is 0 Å². The Morgan fingerprint density at radius 2 is 1.45 bits per heavy atom. The lowest BCUT2D eigenvalue weighted by atomic mass is 10.0. The summed E-state index contributed by atoms with van der Waals surface area (Å²) < 4.78 is 27.1. The normalized spacial score (nSPS) is 10.8. The van der Waals surface area contributed by atoms with Gasteiger partial charge in [-0.2, -0.15) is 0 Å². The Kier molecular flexibility index (Phi) is 6.74. The maximum atomic E-state index is 13.8. The van der Waals surface area contributed by atoms with E-state index in [-0.39, 0.29) is 11.4 Å². The first-order chi connectivity index (χ1) is 15.9. The lowest BCUT2D eigenvalue weighted by Gasteiger charge is -2.10. The summed E-state index contributed by atoms with van der Waals surface area (Å²) in [6.45, 7) is 4.01. The minimum atomic E-state index is -0.711. The van der Waals surface area contributed by atoms with Gasteiger partial charge in [0.1, 0.15) is 23.0 Å². The molecule has 1 N–H and O–H groups in total. The van der Waals surface area contributed by atoms with E-state index in [2.05, 4.69) is 20.5 Å². The van der Waals surface area contributed by atoms with E-state index in [4.69, 9.17) is 0 Å². The fourth-order valence-electron chi connectivity index (χ4n) is 3.10. The molecule has 0 saturated heterocycles. The number of nitrogens with zero attached hydrogens (tertiary/aromatic N) is 3. The average molecular weight is 463 g/mol. The molecular formula is C25H20F2N4OS. The van der Waals surface area contributed by atoms with Gasteiger partial charge in [0.15, 0.2) is 0 Å². The number of aryl methyl sites for hydroxylation is 2. The van der Waals surface area contributed by atoms with E-state index in [0.717, 1.165) is 52.2 Å². The molecule has 5 nitrogen and oxygen atoms in total. The zero-order chi connectivity index (χ0) is 23.4. The Hall–Kier alpha value is -3.65. The predicted molar refractivity (Wildman–Crippen MR) is 126 cm³/mol. The number of halogens is 2. The number of hydrogen-bond acceptors (Lipinski definition) is 5. The third kappa shape index (κ3) is 5.59. The SMILES string of the molecule is Cc1ccc(-c2nnc(SCC(=O)Nc3cc(F)ccc3F)nc2-c2ccc(C)cc2)cc1. The molecule has 0 fully saturated rings. The molecule has 0 saturated carbocycles. The van der Waals surface area contributed by atoms with E-state index < -0.39 is 17.5 Å². The molecule has 1 aromatic heterocycles. The molecule has 0 aliphatic carbocycles. The molecule has 0 radical (unpaired) electrons. The summed E-state index contributed by atoms with van der Waals surface area (Å²) in [6.07, 6.45) is 0. The van der Waals surface area contributed by atoms with Gasteiger partial charge in [0.2, 0.25) is 11.1 Å². The van der Waals surface area contributed by atoms with Gasteiger partial charge in [-0.1, -0.05) is 71.4 Å². The molecule has 0 aliphatic heterocycles. The fraction of sp³-hybridized carbons (Fsp3) is 0.120. The molecule has 1 amide bonds. The predicted octanol–water partition coefficient (Wildman–Crippen LogP) is 5.83. The monoisotopic (exact) mass is 462 g/mol. The van der Waals surface area contributed by atoms with Crippen LogP contribution in [0.5, 0.6) is 0 Å². The number of thioether (sulfide) groups is 1. The van der Waals surface area contributed by atoms with Crippen molar-refractivity contribution in [1.82, 2.24) is 15.2 Å². The highest BCUT2D eigenvalue weighted by Gasteiger charge is 2.15. The van der Waals surface area contributed by atoms with E-state index in [1.165, 1.54) is 0 Å². The summed E-state index contributed by atoms with van der Waals surface area (Å²) in [5.74, 6) is -1.94. The lowest BCUT2D eigenvalue weighted by molar-refractivity contribution is -0.113. The molecule has 0 atom stereocenters. The molecule has 3 aromatic carbocycles. The second-order valence-electron chi connectivity index (χ2n) is 7.48. The van der Waals surface area contributed by atoms with Crippen LogP contribution in [0.3, 0.4) is 0 Å². The van der Waals surface area contributed by atoms with Gasteiger partial charge in [-0.15, -0.1) is 10.2 Å². The molecule has 1 heterocycles. The van der Waals surface area contributed by atoms with Crippen LogP contribution in [0.1, 0.15) is 11.1 Å². The van der Waals surface area contributed by atoms with Crippen LogP contribution in [0.4, 0.5) is 14.5 Å². The Labute approximate surface area is 194 Å². The van der Waals surface area contributed by atoms with Crippen molar-refractivity contribution in [2.24, 2.45) is 0 Å². The van der Waals surface area contributed by atoms with Crippen molar-refractivity contribution < 1.29 is 13.6 Å².